The first-order valence-electron chi connectivity index (χ1n) is 4.83. The highest BCUT2D eigenvalue weighted by Gasteiger charge is 2.19. The molecule has 0 aliphatic carbocycles. The molecule has 9 nitrogen and oxygen atoms in total. The number of carbonyl (C=O) groups is 1. The first-order chi connectivity index (χ1) is 8.66. The molecule has 3 rings (SSSR count). The number of hydrogen-bond acceptors (Lipinski definition) is 7. The zero-order valence-corrected chi connectivity index (χ0v) is 8.81. The molecule has 3 aromatic rings. The van der Waals surface area contributed by atoms with E-state index in [1.54, 1.807) is 12.1 Å². The van der Waals surface area contributed by atoms with Crippen LogP contribution < -0.4 is 5.73 Å². The minimum atomic E-state index is -1.30. The predicted molar refractivity (Wildman–Crippen MR) is 58.7 cm³/mol. The van der Waals surface area contributed by atoms with E-state index in [-0.39, 0.29) is 17.1 Å². The molecule has 0 spiro atoms. The Labute approximate surface area is 98.9 Å². The molecule has 0 fully saturated rings. The van der Waals surface area contributed by atoms with E-state index >= 15 is 0 Å². The van der Waals surface area contributed by atoms with Crippen molar-refractivity contribution >= 4 is 23.2 Å². The van der Waals surface area contributed by atoms with Gasteiger partial charge in [-0.2, -0.15) is 4.98 Å². The van der Waals surface area contributed by atoms with E-state index in [1.807, 2.05) is 0 Å². The molecule has 3 N–H and O–H groups in total. The van der Waals surface area contributed by atoms with Crippen molar-refractivity contribution in [3.8, 4) is 11.5 Å². The highest BCUT2D eigenvalue weighted by Crippen LogP contribution is 2.25. The molecule has 3 heterocycles. The lowest BCUT2D eigenvalue weighted by Gasteiger charge is -1.99. The number of furan rings is 1. The smallest absolute Gasteiger partial charge is 0.435 e. The minimum Gasteiger partial charge on any atom is -0.463 e. The Balaban J connectivity index is 2.36. The predicted octanol–water partition coefficient (Wildman–Crippen LogP) is 0.590. The molecule has 0 radical (unpaired) electrons. The maximum absolute atomic E-state index is 10.9. The molecular weight excluding hydrogens is 240 g/mol. The fourth-order valence-corrected chi connectivity index (χ4v) is 1.55. The number of nitrogen functional groups attached to an aromatic ring is 1. The van der Waals surface area contributed by atoms with Crippen molar-refractivity contribution in [3.05, 3.63) is 18.4 Å². The number of anilines is 1. The number of carboxylic acid groups (broad SMARTS) is 1. The topological polar surface area (TPSA) is 133 Å². The van der Waals surface area contributed by atoms with E-state index in [1.165, 1.54) is 6.26 Å². The average Bonchev–Trinajstić information content (AvgIpc) is 2.96. The summed E-state index contributed by atoms with van der Waals surface area (Å²) in [4.78, 5) is 18.7. The van der Waals surface area contributed by atoms with Gasteiger partial charge in [0.2, 0.25) is 5.95 Å². The van der Waals surface area contributed by atoms with E-state index in [0.29, 0.717) is 16.1 Å². The van der Waals surface area contributed by atoms with E-state index in [9.17, 15) is 4.79 Å². The second-order valence-corrected chi connectivity index (χ2v) is 3.36. The van der Waals surface area contributed by atoms with Crippen molar-refractivity contribution in [1.82, 2.24) is 25.0 Å². The van der Waals surface area contributed by atoms with Gasteiger partial charge in [0.25, 0.3) is 0 Å². The summed E-state index contributed by atoms with van der Waals surface area (Å²) in [6.45, 7) is 0. The van der Waals surface area contributed by atoms with Crippen LogP contribution in [-0.2, 0) is 0 Å². The number of fused-ring (bicyclic) bond motifs is 1. The van der Waals surface area contributed by atoms with Gasteiger partial charge in [0.15, 0.2) is 16.9 Å². The number of nitrogens with zero attached hydrogens (tertiary/aromatic N) is 5. The summed E-state index contributed by atoms with van der Waals surface area (Å²) < 4.78 is 5.81. The Bertz CT molecular complexity index is 732. The monoisotopic (exact) mass is 246 g/mol. The lowest BCUT2D eigenvalue weighted by Crippen LogP contribution is -2.11. The largest absolute Gasteiger partial charge is 0.463 e. The van der Waals surface area contributed by atoms with Gasteiger partial charge >= 0.3 is 6.09 Å². The molecular formula is C9H6N6O3. The highest BCUT2D eigenvalue weighted by atomic mass is 16.4. The van der Waals surface area contributed by atoms with Crippen LogP contribution in [0.15, 0.2) is 22.8 Å². The second kappa shape index (κ2) is 3.52. The molecule has 3 aromatic heterocycles. The van der Waals surface area contributed by atoms with Gasteiger partial charge in [0.1, 0.15) is 5.69 Å². The van der Waals surface area contributed by atoms with E-state index < -0.39 is 6.09 Å². The molecule has 0 saturated carbocycles. The van der Waals surface area contributed by atoms with Gasteiger partial charge in [-0.15, -0.1) is 9.78 Å². The quantitative estimate of drug-likeness (QED) is 0.637. The third kappa shape index (κ3) is 1.38. The highest BCUT2D eigenvalue weighted by molar-refractivity contribution is 5.90. The molecule has 18 heavy (non-hydrogen) atoms. The van der Waals surface area contributed by atoms with E-state index in [4.69, 9.17) is 15.3 Å². The van der Waals surface area contributed by atoms with Crippen LogP contribution in [0.25, 0.3) is 22.6 Å². The maximum Gasteiger partial charge on any atom is 0.435 e. The van der Waals surface area contributed by atoms with Crippen molar-refractivity contribution in [2.45, 2.75) is 0 Å². The third-order valence-corrected chi connectivity index (χ3v) is 2.25. The normalized spacial score (nSPS) is 10.9. The van der Waals surface area contributed by atoms with Crippen LogP contribution >= 0.6 is 0 Å². The van der Waals surface area contributed by atoms with E-state index in [0.717, 1.165) is 0 Å². The van der Waals surface area contributed by atoms with Crippen LogP contribution in [0.3, 0.4) is 0 Å². The van der Waals surface area contributed by atoms with Crippen LogP contribution in [0.2, 0.25) is 0 Å². The van der Waals surface area contributed by atoms with Gasteiger partial charge < -0.3 is 15.3 Å². The van der Waals surface area contributed by atoms with Gasteiger partial charge in [0.05, 0.1) is 6.26 Å². The lowest BCUT2D eigenvalue weighted by atomic mass is 10.3. The molecule has 90 valence electrons. The Morgan fingerprint density at radius 1 is 1.44 bits per heavy atom. The summed E-state index contributed by atoms with van der Waals surface area (Å²) >= 11 is 0. The number of nitrogens with two attached hydrogens (primary N) is 1. The van der Waals surface area contributed by atoms with Crippen LogP contribution in [0.1, 0.15) is 0 Å². The average molecular weight is 246 g/mol. The van der Waals surface area contributed by atoms with E-state index in [2.05, 4.69) is 20.3 Å². The summed E-state index contributed by atoms with van der Waals surface area (Å²) in [6, 6.07) is 3.32. The van der Waals surface area contributed by atoms with Gasteiger partial charge in [-0.25, -0.2) is 9.78 Å². The van der Waals surface area contributed by atoms with Crippen LogP contribution in [0, 0.1) is 0 Å². The fourth-order valence-electron chi connectivity index (χ4n) is 1.55. The van der Waals surface area contributed by atoms with Crippen LogP contribution in [0.5, 0.6) is 0 Å². The Morgan fingerprint density at radius 2 is 2.28 bits per heavy atom. The van der Waals surface area contributed by atoms with Gasteiger partial charge in [0, 0.05) is 0 Å². The number of hydrogen-bond donors (Lipinski definition) is 2. The summed E-state index contributed by atoms with van der Waals surface area (Å²) in [6.07, 6.45) is 0.155. The van der Waals surface area contributed by atoms with Crippen molar-refractivity contribution < 1.29 is 14.3 Å². The molecule has 0 aliphatic heterocycles. The van der Waals surface area contributed by atoms with Gasteiger partial charge in [-0.1, -0.05) is 5.21 Å². The molecule has 0 amide bonds. The van der Waals surface area contributed by atoms with Crippen LogP contribution in [0.4, 0.5) is 10.7 Å². The molecule has 0 unspecified atom stereocenters. The summed E-state index contributed by atoms with van der Waals surface area (Å²) in [5, 5.41) is 16.1. The van der Waals surface area contributed by atoms with Crippen molar-refractivity contribution in [3.63, 3.8) is 0 Å². The third-order valence-electron chi connectivity index (χ3n) is 2.25. The van der Waals surface area contributed by atoms with Crippen molar-refractivity contribution in [2.75, 3.05) is 5.73 Å². The van der Waals surface area contributed by atoms with Gasteiger partial charge in [-0.3, -0.25) is 0 Å². The zero-order chi connectivity index (χ0) is 12.7. The lowest BCUT2D eigenvalue weighted by molar-refractivity contribution is 0.193. The standard InChI is InChI=1S/C9H6N6O3/c10-8-11-5(4-2-1-3-18-4)6-7(12-8)15(9(16)17)14-13-6/h1-3H,(H,16,17)(H2,10,11,12). The fraction of sp³-hybridized carbons (Fsp3) is 0. The van der Waals surface area contributed by atoms with Crippen molar-refractivity contribution in [2.24, 2.45) is 0 Å². The molecule has 9 heteroatoms. The summed E-state index contributed by atoms with van der Waals surface area (Å²) in [5.41, 5.74) is 6.06. The summed E-state index contributed by atoms with van der Waals surface area (Å²) in [5.74, 6) is 0.324. The first kappa shape index (κ1) is 10.2. The van der Waals surface area contributed by atoms with Crippen molar-refractivity contribution in [1.29, 1.82) is 0 Å². The molecule has 0 atom stereocenters. The SMILES string of the molecule is Nc1nc(-c2ccco2)c2nnn(C(=O)O)c2n1. The Hall–Kier alpha value is -2.97. The molecule has 0 bridgehead atoms. The van der Waals surface area contributed by atoms with Gasteiger partial charge in [-0.05, 0) is 12.1 Å². The summed E-state index contributed by atoms with van der Waals surface area (Å²) in [7, 11) is 0. The number of rotatable bonds is 1. The Morgan fingerprint density at radius 3 is 2.94 bits per heavy atom. The first-order valence-corrected chi connectivity index (χ1v) is 4.83. The molecule has 0 saturated heterocycles. The zero-order valence-electron chi connectivity index (χ0n) is 8.81. The molecule has 0 aliphatic rings. The molecule has 0 aromatic carbocycles. The Kier molecular flexibility index (Phi) is 1.99. The number of aromatic nitrogens is 5. The van der Waals surface area contributed by atoms with Crippen LogP contribution in [-0.4, -0.2) is 36.2 Å². The minimum absolute atomic E-state index is 0.0152. The maximum atomic E-state index is 10.9. The second-order valence-electron chi connectivity index (χ2n) is 3.36.